The molecule has 0 aliphatic rings. The first-order chi connectivity index (χ1) is 10.5. The number of benzene rings is 1. The normalized spacial score (nSPS) is 11.0. The van der Waals surface area contributed by atoms with Crippen LogP contribution in [0, 0.1) is 0 Å². The maximum absolute atomic E-state index is 11.7. The SMILES string of the molecule is CCCS(=O)(=O)Nc1ccc(Nc2ccc(OC)cc2)nc1. The van der Waals surface area contributed by atoms with Gasteiger partial charge >= 0.3 is 0 Å². The fourth-order valence-electron chi connectivity index (χ4n) is 1.85. The lowest BCUT2D eigenvalue weighted by Gasteiger charge is -2.09. The Labute approximate surface area is 130 Å². The lowest BCUT2D eigenvalue weighted by atomic mass is 10.3. The first-order valence-corrected chi connectivity index (χ1v) is 8.55. The molecule has 0 fully saturated rings. The van der Waals surface area contributed by atoms with Crippen LogP contribution >= 0.6 is 0 Å². The average Bonchev–Trinajstić information content (AvgIpc) is 2.49. The molecule has 7 heteroatoms. The Morgan fingerprint density at radius 1 is 1.09 bits per heavy atom. The van der Waals surface area contributed by atoms with Crippen molar-refractivity contribution in [2.24, 2.45) is 0 Å². The van der Waals surface area contributed by atoms with E-state index in [1.807, 2.05) is 31.2 Å². The summed E-state index contributed by atoms with van der Waals surface area (Å²) in [6, 6.07) is 10.8. The molecule has 2 N–H and O–H groups in total. The van der Waals surface area contributed by atoms with Gasteiger partial charge in [-0.1, -0.05) is 6.92 Å². The molecule has 1 aromatic carbocycles. The number of pyridine rings is 1. The van der Waals surface area contributed by atoms with Gasteiger partial charge in [-0.2, -0.15) is 0 Å². The summed E-state index contributed by atoms with van der Waals surface area (Å²) < 4.78 is 30.9. The van der Waals surface area contributed by atoms with E-state index in [1.54, 1.807) is 19.2 Å². The molecule has 6 nitrogen and oxygen atoms in total. The maximum atomic E-state index is 11.7. The van der Waals surface area contributed by atoms with Crippen molar-refractivity contribution in [1.29, 1.82) is 0 Å². The summed E-state index contributed by atoms with van der Waals surface area (Å²) in [7, 11) is -1.68. The minimum atomic E-state index is -3.29. The molecule has 0 aliphatic heterocycles. The molecule has 2 aromatic rings. The van der Waals surface area contributed by atoms with Gasteiger partial charge in [-0.15, -0.1) is 0 Å². The van der Waals surface area contributed by atoms with Crippen molar-refractivity contribution in [3.63, 3.8) is 0 Å². The lowest BCUT2D eigenvalue weighted by Crippen LogP contribution is -2.16. The van der Waals surface area contributed by atoms with Crippen LogP contribution in [0.1, 0.15) is 13.3 Å². The fourth-order valence-corrected chi connectivity index (χ4v) is 2.97. The van der Waals surface area contributed by atoms with E-state index in [1.165, 1.54) is 6.20 Å². The summed E-state index contributed by atoms with van der Waals surface area (Å²) in [5.74, 6) is 1.50. The molecule has 0 atom stereocenters. The summed E-state index contributed by atoms with van der Waals surface area (Å²) in [6.45, 7) is 1.82. The molecule has 118 valence electrons. The molecule has 0 saturated carbocycles. The summed E-state index contributed by atoms with van der Waals surface area (Å²) in [5.41, 5.74) is 1.32. The summed E-state index contributed by atoms with van der Waals surface area (Å²) in [5, 5.41) is 3.13. The highest BCUT2D eigenvalue weighted by Gasteiger charge is 2.08. The van der Waals surface area contributed by atoms with E-state index in [9.17, 15) is 8.42 Å². The van der Waals surface area contributed by atoms with Crippen LogP contribution in [0.5, 0.6) is 5.75 Å². The average molecular weight is 321 g/mol. The van der Waals surface area contributed by atoms with Crippen molar-refractivity contribution in [2.75, 3.05) is 22.9 Å². The molecule has 0 radical (unpaired) electrons. The molecule has 1 heterocycles. The topological polar surface area (TPSA) is 80.3 Å². The van der Waals surface area contributed by atoms with Gasteiger partial charge in [-0.05, 0) is 42.8 Å². The Bertz CT molecular complexity index is 698. The third-order valence-corrected chi connectivity index (χ3v) is 4.36. The van der Waals surface area contributed by atoms with Gasteiger partial charge in [0.2, 0.25) is 10.0 Å². The molecular formula is C15H19N3O3S. The number of nitrogens with zero attached hydrogens (tertiary/aromatic N) is 1. The van der Waals surface area contributed by atoms with Crippen LogP contribution in [0.25, 0.3) is 0 Å². The number of hydrogen-bond donors (Lipinski definition) is 2. The van der Waals surface area contributed by atoms with Crippen molar-refractivity contribution >= 4 is 27.2 Å². The summed E-state index contributed by atoms with van der Waals surface area (Å²) >= 11 is 0. The molecule has 0 spiro atoms. The summed E-state index contributed by atoms with van der Waals surface area (Å²) in [6.07, 6.45) is 2.05. The van der Waals surface area contributed by atoms with Crippen molar-refractivity contribution in [3.8, 4) is 5.75 Å². The zero-order chi connectivity index (χ0) is 16.0. The van der Waals surface area contributed by atoms with Gasteiger partial charge in [0.05, 0.1) is 24.7 Å². The maximum Gasteiger partial charge on any atom is 0.232 e. The smallest absolute Gasteiger partial charge is 0.232 e. The molecule has 1 aromatic heterocycles. The molecule has 0 saturated heterocycles. The minimum absolute atomic E-state index is 0.0961. The summed E-state index contributed by atoms with van der Waals surface area (Å²) in [4.78, 5) is 4.19. The molecule has 0 unspecified atom stereocenters. The first-order valence-electron chi connectivity index (χ1n) is 6.90. The van der Waals surface area contributed by atoms with Gasteiger partial charge in [0.1, 0.15) is 11.6 Å². The minimum Gasteiger partial charge on any atom is -0.497 e. The van der Waals surface area contributed by atoms with E-state index in [0.29, 0.717) is 17.9 Å². The number of ether oxygens (including phenoxy) is 1. The van der Waals surface area contributed by atoms with Gasteiger partial charge in [0.15, 0.2) is 0 Å². The second-order valence-corrected chi connectivity index (χ2v) is 6.55. The van der Waals surface area contributed by atoms with E-state index in [-0.39, 0.29) is 5.75 Å². The molecular weight excluding hydrogens is 302 g/mol. The Morgan fingerprint density at radius 3 is 2.32 bits per heavy atom. The standard InChI is InChI=1S/C15H19N3O3S/c1-3-10-22(19,20)18-13-6-9-15(16-11-13)17-12-4-7-14(21-2)8-5-12/h4-9,11,18H,3,10H2,1-2H3,(H,16,17). The van der Waals surface area contributed by atoms with Gasteiger partial charge in [0, 0.05) is 5.69 Å². The van der Waals surface area contributed by atoms with Crippen LogP contribution in [0.15, 0.2) is 42.6 Å². The van der Waals surface area contributed by atoms with Crippen molar-refractivity contribution in [2.45, 2.75) is 13.3 Å². The van der Waals surface area contributed by atoms with Gasteiger partial charge in [0.25, 0.3) is 0 Å². The van der Waals surface area contributed by atoms with Crippen LogP contribution < -0.4 is 14.8 Å². The monoisotopic (exact) mass is 321 g/mol. The highest BCUT2D eigenvalue weighted by atomic mass is 32.2. The van der Waals surface area contributed by atoms with Crippen molar-refractivity contribution in [3.05, 3.63) is 42.6 Å². The highest BCUT2D eigenvalue weighted by molar-refractivity contribution is 7.92. The molecule has 0 amide bonds. The van der Waals surface area contributed by atoms with Gasteiger partial charge in [-0.3, -0.25) is 4.72 Å². The van der Waals surface area contributed by atoms with Crippen LogP contribution in [0.2, 0.25) is 0 Å². The lowest BCUT2D eigenvalue weighted by molar-refractivity contribution is 0.415. The second kappa shape index (κ2) is 7.13. The molecule has 22 heavy (non-hydrogen) atoms. The van der Waals surface area contributed by atoms with E-state index in [4.69, 9.17) is 4.74 Å². The van der Waals surface area contributed by atoms with Crippen LogP contribution in [0.3, 0.4) is 0 Å². The van der Waals surface area contributed by atoms with E-state index >= 15 is 0 Å². The molecule has 0 aliphatic carbocycles. The van der Waals surface area contributed by atoms with Gasteiger partial charge < -0.3 is 10.1 Å². The first kappa shape index (κ1) is 16.1. The quantitative estimate of drug-likeness (QED) is 0.819. The molecule has 0 bridgehead atoms. The Balaban J connectivity index is 2.02. The van der Waals surface area contributed by atoms with E-state index in [2.05, 4.69) is 15.0 Å². The number of nitrogens with one attached hydrogen (secondary N) is 2. The number of hydrogen-bond acceptors (Lipinski definition) is 5. The number of aromatic nitrogens is 1. The predicted octanol–water partition coefficient (Wildman–Crippen LogP) is 2.99. The van der Waals surface area contributed by atoms with E-state index in [0.717, 1.165) is 11.4 Å². The number of methoxy groups -OCH3 is 1. The zero-order valence-corrected chi connectivity index (χ0v) is 13.4. The van der Waals surface area contributed by atoms with Crippen LogP contribution in [-0.2, 0) is 10.0 Å². The van der Waals surface area contributed by atoms with Gasteiger partial charge in [-0.25, -0.2) is 13.4 Å². The number of rotatable bonds is 7. The highest BCUT2D eigenvalue weighted by Crippen LogP contribution is 2.19. The Morgan fingerprint density at radius 2 is 1.77 bits per heavy atom. The zero-order valence-electron chi connectivity index (χ0n) is 12.5. The Hall–Kier alpha value is -2.28. The van der Waals surface area contributed by atoms with Crippen molar-refractivity contribution < 1.29 is 13.2 Å². The second-order valence-electron chi connectivity index (χ2n) is 4.71. The van der Waals surface area contributed by atoms with Crippen LogP contribution in [0.4, 0.5) is 17.2 Å². The third kappa shape index (κ3) is 4.63. The largest absolute Gasteiger partial charge is 0.497 e. The van der Waals surface area contributed by atoms with Crippen molar-refractivity contribution in [1.82, 2.24) is 4.98 Å². The Kier molecular flexibility index (Phi) is 5.21. The predicted molar refractivity (Wildman–Crippen MR) is 88.2 cm³/mol. The fraction of sp³-hybridized carbons (Fsp3) is 0.267. The van der Waals surface area contributed by atoms with E-state index < -0.39 is 10.0 Å². The molecule has 2 rings (SSSR count). The number of sulfonamides is 1. The third-order valence-electron chi connectivity index (χ3n) is 2.87. The number of anilines is 3. The van der Waals surface area contributed by atoms with Crippen LogP contribution in [-0.4, -0.2) is 26.3 Å².